The standard InChI is InChI=1S/C13H21ClN2/c1-10(15-3)9-16(4)11(2)12-7-5-6-8-13(12)14/h5-8,10-11,15H,9H2,1-4H3. The molecule has 0 amide bonds. The Morgan fingerprint density at radius 2 is 1.94 bits per heavy atom. The van der Waals surface area contributed by atoms with Crippen molar-refractivity contribution in [1.82, 2.24) is 10.2 Å². The predicted molar refractivity (Wildman–Crippen MR) is 71.0 cm³/mol. The van der Waals surface area contributed by atoms with E-state index >= 15 is 0 Å². The molecule has 0 aliphatic heterocycles. The first-order valence-electron chi connectivity index (χ1n) is 5.68. The highest BCUT2D eigenvalue weighted by Gasteiger charge is 2.15. The maximum atomic E-state index is 6.19. The second-order valence-corrected chi connectivity index (χ2v) is 4.73. The van der Waals surface area contributed by atoms with E-state index in [9.17, 15) is 0 Å². The summed E-state index contributed by atoms with van der Waals surface area (Å²) in [6.07, 6.45) is 0. The number of rotatable bonds is 5. The van der Waals surface area contributed by atoms with E-state index in [-0.39, 0.29) is 0 Å². The maximum absolute atomic E-state index is 6.19. The third kappa shape index (κ3) is 3.48. The lowest BCUT2D eigenvalue weighted by molar-refractivity contribution is 0.240. The van der Waals surface area contributed by atoms with Crippen molar-refractivity contribution in [3.63, 3.8) is 0 Å². The molecule has 1 aromatic rings. The van der Waals surface area contributed by atoms with Gasteiger partial charge in [-0.2, -0.15) is 0 Å². The third-order valence-electron chi connectivity index (χ3n) is 3.07. The fourth-order valence-electron chi connectivity index (χ4n) is 1.73. The van der Waals surface area contributed by atoms with Crippen molar-refractivity contribution in [2.45, 2.75) is 25.9 Å². The molecule has 90 valence electrons. The molecule has 2 nitrogen and oxygen atoms in total. The van der Waals surface area contributed by atoms with E-state index in [1.807, 2.05) is 25.2 Å². The Bertz CT molecular complexity index is 327. The molecule has 1 aromatic carbocycles. The van der Waals surface area contributed by atoms with E-state index in [0.717, 1.165) is 11.6 Å². The Morgan fingerprint density at radius 1 is 1.31 bits per heavy atom. The molecule has 16 heavy (non-hydrogen) atoms. The first-order chi connectivity index (χ1) is 7.56. The minimum absolute atomic E-state index is 0.337. The van der Waals surface area contributed by atoms with Gasteiger partial charge in [-0.15, -0.1) is 0 Å². The summed E-state index contributed by atoms with van der Waals surface area (Å²) in [7, 11) is 4.11. The number of benzene rings is 1. The van der Waals surface area contributed by atoms with Crippen molar-refractivity contribution in [3.05, 3.63) is 34.9 Å². The van der Waals surface area contributed by atoms with Crippen LogP contribution < -0.4 is 5.32 Å². The van der Waals surface area contributed by atoms with Crippen LogP contribution in [0, 0.1) is 0 Å². The van der Waals surface area contributed by atoms with Crippen LogP contribution in [-0.2, 0) is 0 Å². The molecule has 0 saturated heterocycles. The zero-order valence-corrected chi connectivity index (χ0v) is 11.3. The number of halogens is 1. The van der Waals surface area contributed by atoms with E-state index in [2.05, 4.69) is 37.2 Å². The quantitative estimate of drug-likeness (QED) is 0.852. The summed E-state index contributed by atoms with van der Waals surface area (Å²) in [6.45, 7) is 5.36. The molecule has 0 aromatic heterocycles. The maximum Gasteiger partial charge on any atom is 0.0453 e. The lowest BCUT2D eigenvalue weighted by atomic mass is 10.1. The van der Waals surface area contributed by atoms with E-state index in [1.54, 1.807) is 0 Å². The monoisotopic (exact) mass is 240 g/mol. The fraction of sp³-hybridized carbons (Fsp3) is 0.538. The van der Waals surface area contributed by atoms with Crippen molar-refractivity contribution < 1.29 is 0 Å². The van der Waals surface area contributed by atoms with Gasteiger partial charge in [-0.1, -0.05) is 29.8 Å². The summed E-state index contributed by atoms with van der Waals surface area (Å²) >= 11 is 6.19. The largest absolute Gasteiger partial charge is 0.316 e. The van der Waals surface area contributed by atoms with E-state index in [4.69, 9.17) is 11.6 Å². The molecule has 0 saturated carbocycles. The molecule has 1 rings (SSSR count). The number of hydrogen-bond donors (Lipinski definition) is 1. The topological polar surface area (TPSA) is 15.3 Å². The summed E-state index contributed by atoms with van der Waals surface area (Å²) in [6, 6.07) is 8.86. The van der Waals surface area contributed by atoms with Crippen molar-refractivity contribution >= 4 is 11.6 Å². The number of hydrogen-bond acceptors (Lipinski definition) is 2. The molecule has 0 heterocycles. The van der Waals surface area contributed by atoms with Crippen molar-refractivity contribution in [2.75, 3.05) is 20.6 Å². The Kier molecular flexibility index (Phi) is 5.26. The van der Waals surface area contributed by atoms with Gasteiger partial charge in [0.2, 0.25) is 0 Å². The Balaban J connectivity index is 2.70. The Hall–Kier alpha value is -0.570. The van der Waals surface area contributed by atoms with Gasteiger partial charge in [0, 0.05) is 23.7 Å². The minimum Gasteiger partial charge on any atom is -0.316 e. The zero-order chi connectivity index (χ0) is 12.1. The Morgan fingerprint density at radius 3 is 2.50 bits per heavy atom. The van der Waals surface area contributed by atoms with Gasteiger partial charge in [-0.05, 0) is 39.6 Å². The highest BCUT2D eigenvalue weighted by atomic mass is 35.5. The first kappa shape index (κ1) is 13.5. The van der Waals surface area contributed by atoms with Crippen LogP contribution in [-0.4, -0.2) is 31.6 Å². The molecular formula is C13H21ClN2. The minimum atomic E-state index is 0.337. The van der Waals surface area contributed by atoms with Gasteiger partial charge in [0.05, 0.1) is 0 Å². The average Bonchev–Trinajstić information content (AvgIpc) is 2.28. The average molecular weight is 241 g/mol. The molecular weight excluding hydrogens is 220 g/mol. The van der Waals surface area contributed by atoms with Gasteiger partial charge in [0.25, 0.3) is 0 Å². The summed E-state index contributed by atoms with van der Waals surface area (Å²) < 4.78 is 0. The van der Waals surface area contributed by atoms with Crippen LogP contribution in [0.15, 0.2) is 24.3 Å². The predicted octanol–water partition coefficient (Wildman–Crippen LogP) is 2.94. The van der Waals surface area contributed by atoms with Gasteiger partial charge in [0.1, 0.15) is 0 Å². The van der Waals surface area contributed by atoms with Crippen LogP contribution in [0.1, 0.15) is 25.5 Å². The Labute approximate surface area is 104 Å². The molecule has 1 N–H and O–H groups in total. The van der Waals surface area contributed by atoms with Crippen LogP contribution in [0.3, 0.4) is 0 Å². The van der Waals surface area contributed by atoms with Crippen LogP contribution in [0.25, 0.3) is 0 Å². The second-order valence-electron chi connectivity index (χ2n) is 4.33. The number of nitrogens with one attached hydrogen (secondary N) is 1. The molecule has 3 heteroatoms. The molecule has 0 spiro atoms. The fourth-order valence-corrected chi connectivity index (χ4v) is 2.03. The van der Waals surface area contributed by atoms with Gasteiger partial charge in [-0.25, -0.2) is 0 Å². The van der Waals surface area contributed by atoms with Crippen LogP contribution in [0.5, 0.6) is 0 Å². The van der Waals surface area contributed by atoms with Crippen LogP contribution >= 0.6 is 11.6 Å². The van der Waals surface area contributed by atoms with Gasteiger partial charge >= 0.3 is 0 Å². The number of nitrogens with zero attached hydrogens (tertiary/aromatic N) is 1. The zero-order valence-electron chi connectivity index (χ0n) is 10.5. The second kappa shape index (κ2) is 6.24. The van der Waals surface area contributed by atoms with Gasteiger partial charge < -0.3 is 5.32 Å². The van der Waals surface area contributed by atoms with Gasteiger partial charge in [-0.3, -0.25) is 4.90 Å². The molecule has 2 atom stereocenters. The summed E-state index contributed by atoms with van der Waals surface area (Å²) in [5.41, 5.74) is 1.19. The normalized spacial score (nSPS) is 15.1. The molecule has 0 aliphatic rings. The lowest BCUT2D eigenvalue weighted by Gasteiger charge is -2.28. The molecule has 2 unspecified atom stereocenters. The third-order valence-corrected chi connectivity index (χ3v) is 3.42. The van der Waals surface area contributed by atoms with Gasteiger partial charge in [0.15, 0.2) is 0 Å². The van der Waals surface area contributed by atoms with Crippen molar-refractivity contribution in [2.24, 2.45) is 0 Å². The van der Waals surface area contributed by atoms with Crippen molar-refractivity contribution in [1.29, 1.82) is 0 Å². The van der Waals surface area contributed by atoms with Crippen LogP contribution in [0.4, 0.5) is 0 Å². The molecule has 0 aliphatic carbocycles. The van der Waals surface area contributed by atoms with E-state index < -0.39 is 0 Å². The highest BCUT2D eigenvalue weighted by Crippen LogP contribution is 2.25. The number of likely N-dealkylation sites (N-methyl/N-ethyl adjacent to an activating group) is 2. The smallest absolute Gasteiger partial charge is 0.0453 e. The molecule has 0 radical (unpaired) electrons. The first-order valence-corrected chi connectivity index (χ1v) is 6.06. The van der Waals surface area contributed by atoms with Crippen LogP contribution in [0.2, 0.25) is 5.02 Å². The van der Waals surface area contributed by atoms with E-state index in [0.29, 0.717) is 12.1 Å². The SMILES string of the molecule is CNC(C)CN(C)C(C)c1ccccc1Cl. The highest BCUT2D eigenvalue weighted by molar-refractivity contribution is 6.31. The van der Waals surface area contributed by atoms with Crippen molar-refractivity contribution in [3.8, 4) is 0 Å². The lowest BCUT2D eigenvalue weighted by Crippen LogP contribution is -2.36. The molecule has 0 bridgehead atoms. The molecule has 0 fully saturated rings. The summed E-state index contributed by atoms with van der Waals surface area (Å²) in [5, 5.41) is 4.09. The summed E-state index contributed by atoms with van der Waals surface area (Å²) in [4.78, 5) is 2.31. The van der Waals surface area contributed by atoms with E-state index in [1.165, 1.54) is 5.56 Å². The summed E-state index contributed by atoms with van der Waals surface area (Å²) in [5.74, 6) is 0.